The molecule has 1 nitrogen and oxygen atoms in total. The fraction of sp³-hybridized carbons (Fsp3) is 0.800. The lowest BCUT2D eigenvalue weighted by molar-refractivity contribution is -0.923. The Morgan fingerprint density at radius 1 is 0.875 bits per heavy atom. The molecule has 0 fully saturated rings. The number of allylic oxidation sites excluding steroid dienone is 3. The van der Waals surface area contributed by atoms with Crippen molar-refractivity contribution in [3.05, 3.63) is 23.8 Å². The van der Waals surface area contributed by atoms with Crippen molar-refractivity contribution in [2.24, 2.45) is 5.92 Å². The number of terminal acetylenes is 1. The Morgan fingerprint density at radius 3 is 1.78 bits per heavy atom. The van der Waals surface area contributed by atoms with Gasteiger partial charge in [-0.05, 0) is 44.4 Å². The minimum Gasteiger partial charge on any atom is -0.312 e. The summed E-state index contributed by atoms with van der Waals surface area (Å²) in [6.07, 6.45) is 32.2. The third-order valence-electron chi connectivity index (χ3n) is 7.59. The number of hydrogen-bond donors (Lipinski definition) is 0. The monoisotopic (exact) mass is 554 g/mol. The van der Waals surface area contributed by atoms with E-state index in [4.69, 9.17) is 6.42 Å². The van der Waals surface area contributed by atoms with Gasteiger partial charge in [-0.1, -0.05) is 131 Å². The quantitative estimate of drug-likeness (QED) is 0.0491. The van der Waals surface area contributed by atoms with E-state index in [1.54, 1.807) is 0 Å². The van der Waals surface area contributed by atoms with E-state index in [0.29, 0.717) is 5.92 Å². The average molecular weight is 555 g/mol. The molecule has 0 saturated heterocycles. The SMILES string of the molecule is C#CC[N+](CCCCCCCCC)(CCCCCCCCC)CC1(I)C(C)=CC=CC1C. The summed E-state index contributed by atoms with van der Waals surface area (Å²) in [6.45, 7) is 13.9. The molecule has 0 aliphatic heterocycles. The number of unbranched alkanes of at least 4 members (excludes halogenated alkanes) is 12. The minimum atomic E-state index is 0.186. The van der Waals surface area contributed by atoms with Crippen LogP contribution in [0.2, 0.25) is 0 Å². The average Bonchev–Trinajstić information content (AvgIpc) is 2.77. The zero-order valence-electron chi connectivity index (χ0n) is 21.9. The number of hydrogen-bond acceptors (Lipinski definition) is 0. The molecule has 1 aliphatic carbocycles. The second kappa shape index (κ2) is 17.2. The van der Waals surface area contributed by atoms with E-state index in [2.05, 4.69) is 74.4 Å². The first kappa shape index (κ1) is 29.8. The summed E-state index contributed by atoms with van der Waals surface area (Å²) in [5, 5.41) is 0. The molecule has 0 radical (unpaired) electrons. The summed E-state index contributed by atoms with van der Waals surface area (Å²) >= 11 is 2.77. The van der Waals surface area contributed by atoms with Crippen LogP contribution in [0.5, 0.6) is 0 Å². The van der Waals surface area contributed by atoms with Crippen LogP contribution in [0, 0.1) is 18.3 Å². The molecule has 0 aromatic heterocycles. The maximum atomic E-state index is 6.01. The van der Waals surface area contributed by atoms with Gasteiger partial charge in [-0.15, -0.1) is 6.42 Å². The molecular formula is C30H53IN+. The van der Waals surface area contributed by atoms with E-state index < -0.39 is 0 Å². The predicted octanol–water partition coefficient (Wildman–Crippen LogP) is 9.26. The molecule has 1 aliphatic rings. The van der Waals surface area contributed by atoms with E-state index in [1.807, 2.05) is 0 Å². The minimum absolute atomic E-state index is 0.186. The topological polar surface area (TPSA) is 0 Å². The summed E-state index contributed by atoms with van der Waals surface area (Å²) in [5.41, 5.74) is 1.52. The summed E-state index contributed by atoms with van der Waals surface area (Å²) in [4.78, 5) is 0. The summed E-state index contributed by atoms with van der Waals surface area (Å²) in [6, 6.07) is 0. The Bertz CT molecular complexity index is 566. The Morgan fingerprint density at radius 2 is 1.34 bits per heavy atom. The Labute approximate surface area is 215 Å². The van der Waals surface area contributed by atoms with Gasteiger partial charge in [0.05, 0.1) is 23.1 Å². The maximum absolute atomic E-state index is 6.01. The highest BCUT2D eigenvalue weighted by Gasteiger charge is 2.43. The molecule has 2 heteroatoms. The molecule has 2 unspecified atom stereocenters. The van der Waals surface area contributed by atoms with Crippen LogP contribution in [0.1, 0.15) is 118 Å². The molecule has 0 heterocycles. The van der Waals surface area contributed by atoms with Crippen LogP contribution in [0.15, 0.2) is 23.8 Å². The number of halogens is 1. The second-order valence-corrected chi connectivity index (χ2v) is 12.4. The van der Waals surface area contributed by atoms with Crippen LogP contribution < -0.4 is 0 Å². The molecule has 1 rings (SSSR count). The first-order valence-corrected chi connectivity index (χ1v) is 14.8. The first-order valence-electron chi connectivity index (χ1n) is 13.8. The fourth-order valence-corrected chi connectivity index (χ4v) is 6.37. The van der Waals surface area contributed by atoms with E-state index in [-0.39, 0.29) is 3.42 Å². The molecule has 32 heavy (non-hydrogen) atoms. The molecule has 0 saturated carbocycles. The Kier molecular flexibility index (Phi) is 16.0. The van der Waals surface area contributed by atoms with E-state index in [1.165, 1.54) is 115 Å². The van der Waals surface area contributed by atoms with Crippen LogP contribution >= 0.6 is 22.6 Å². The molecule has 0 bridgehead atoms. The summed E-state index contributed by atoms with van der Waals surface area (Å²) in [5.74, 6) is 3.68. The van der Waals surface area contributed by atoms with Gasteiger partial charge in [0.2, 0.25) is 0 Å². The normalized spacial score (nSPS) is 20.9. The molecule has 0 spiro atoms. The Hall–Kier alpha value is -0.270. The number of nitrogens with zero attached hydrogens (tertiary/aromatic N) is 1. The zero-order chi connectivity index (χ0) is 23.7. The van der Waals surface area contributed by atoms with Crippen molar-refractivity contribution in [3.8, 4) is 12.3 Å². The highest BCUT2D eigenvalue weighted by Crippen LogP contribution is 2.41. The van der Waals surface area contributed by atoms with Crippen LogP contribution in [-0.2, 0) is 0 Å². The van der Waals surface area contributed by atoms with Gasteiger partial charge in [0.15, 0.2) is 0 Å². The largest absolute Gasteiger partial charge is 0.312 e. The number of alkyl halides is 1. The molecule has 0 aromatic rings. The fourth-order valence-electron chi connectivity index (χ4n) is 5.26. The third kappa shape index (κ3) is 10.8. The predicted molar refractivity (Wildman–Crippen MR) is 153 cm³/mol. The summed E-state index contributed by atoms with van der Waals surface area (Å²) < 4.78 is 1.30. The van der Waals surface area contributed by atoms with E-state index >= 15 is 0 Å². The Balaban J connectivity index is 2.77. The highest BCUT2D eigenvalue weighted by atomic mass is 127. The van der Waals surface area contributed by atoms with Gasteiger partial charge in [0.25, 0.3) is 0 Å². The van der Waals surface area contributed by atoms with Crippen LogP contribution in [0.3, 0.4) is 0 Å². The van der Waals surface area contributed by atoms with Gasteiger partial charge in [-0.25, -0.2) is 0 Å². The molecule has 0 aromatic carbocycles. The summed E-state index contributed by atoms with van der Waals surface area (Å²) in [7, 11) is 0. The van der Waals surface area contributed by atoms with E-state index in [9.17, 15) is 0 Å². The van der Waals surface area contributed by atoms with Gasteiger partial charge < -0.3 is 4.48 Å². The second-order valence-electron chi connectivity index (χ2n) is 10.4. The van der Waals surface area contributed by atoms with Crippen LogP contribution in [0.25, 0.3) is 0 Å². The smallest absolute Gasteiger partial charge is 0.140 e. The zero-order valence-corrected chi connectivity index (χ0v) is 24.1. The maximum Gasteiger partial charge on any atom is 0.140 e. The van der Waals surface area contributed by atoms with Gasteiger partial charge in [0.1, 0.15) is 6.54 Å². The molecular weight excluding hydrogens is 501 g/mol. The lowest BCUT2D eigenvalue weighted by Gasteiger charge is -2.46. The molecule has 184 valence electrons. The molecule has 2 atom stereocenters. The standard InChI is InChI=1S/C30H53IN/c1-6-9-11-13-15-17-19-25-32(24-8-3,26-20-18-16-14-12-10-7-2)27-30(31)28(4)22-21-23-29(30)5/h3,21-23,28H,6-7,9-20,24-27H2,1-2,4-5H3/q+1. The van der Waals surface area contributed by atoms with Crippen molar-refractivity contribution in [1.29, 1.82) is 0 Å². The number of rotatable bonds is 19. The first-order chi connectivity index (χ1) is 15.4. The molecule has 0 N–H and O–H groups in total. The van der Waals surface area contributed by atoms with Crippen LogP contribution in [0.4, 0.5) is 0 Å². The lowest BCUT2D eigenvalue weighted by atomic mass is 9.82. The van der Waals surface area contributed by atoms with Crippen molar-refractivity contribution in [3.63, 3.8) is 0 Å². The number of quaternary nitrogens is 1. The van der Waals surface area contributed by atoms with Gasteiger partial charge >= 0.3 is 0 Å². The third-order valence-corrected chi connectivity index (χ3v) is 9.76. The van der Waals surface area contributed by atoms with Crippen LogP contribution in [-0.4, -0.2) is 34.1 Å². The van der Waals surface area contributed by atoms with Gasteiger partial charge in [-0.3, -0.25) is 0 Å². The lowest BCUT2D eigenvalue weighted by Crippen LogP contribution is -2.58. The van der Waals surface area contributed by atoms with Crippen molar-refractivity contribution in [2.75, 3.05) is 26.2 Å². The van der Waals surface area contributed by atoms with E-state index in [0.717, 1.165) is 11.0 Å². The van der Waals surface area contributed by atoms with Gasteiger partial charge in [-0.2, -0.15) is 0 Å². The van der Waals surface area contributed by atoms with Gasteiger partial charge in [0, 0.05) is 0 Å². The van der Waals surface area contributed by atoms with Crippen molar-refractivity contribution in [2.45, 2.75) is 121 Å². The molecule has 0 amide bonds. The highest BCUT2D eigenvalue weighted by molar-refractivity contribution is 14.1. The van der Waals surface area contributed by atoms with Crippen molar-refractivity contribution < 1.29 is 4.48 Å². The van der Waals surface area contributed by atoms with Crippen molar-refractivity contribution >= 4 is 22.6 Å². The van der Waals surface area contributed by atoms with Crippen molar-refractivity contribution in [1.82, 2.24) is 0 Å².